The van der Waals surface area contributed by atoms with E-state index in [1.807, 2.05) is 34.6 Å². The summed E-state index contributed by atoms with van der Waals surface area (Å²) in [6.45, 7) is 11.7. The maximum atomic E-state index is 9.80. The van der Waals surface area contributed by atoms with Gasteiger partial charge in [0, 0.05) is 0 Å². The van der Waals surface area contributed by atoms with Crippen LogP contribution in [0.5, 0.6) is 0 Å². The van der Waals surface area contributed by atoms with Crippen LogP contribution in [-0.2, 0) is 5.60 Å². The normalized spacial score (nSPS) is 12.8. The van der Waals surface area contributed by atoms with Gasteiger partial charge >= 0.3 is 0 Å². The fraction of sp³-hybridized carbons (Fsp3) is 0.727. The van der Waals surface area contributed by atoms with E-state index in [9.17, 15) is 5.11 Å². The van der Waals surface area contributed by atoms with E-state index < -0.39 is 5.60 Å². The third-order valence-corrected chi connectivity index (χ3v) is 3.67. The van der Waals surface area contributed by atoms with E-state index in [0.717, 1.165) is 21.2 Å². The number of hydrogen-bond donors (Lipinski definition) is 2. The molecule has 0 aliphatic heterocycles. The first kappa shape index (κ1) is 18.3. The second kappa shape index (κ2) is 10.1. The Hall–Kier alpha value is -0.100. The standard InChI is InChI=1S/C7H12N2OS2.2C2H6/c1-3-7(2,10)6-9-4-5(11-6)12-8;2*1-2/h4,10H,3,8H2,1-2H3;2*1-2H3. The van der Waals surface area contributed by atoms with Crippen LogP contribution in [0.1, 0.15) is 53.0 Å². The lowest BCUT2D eigenvalue weighted by Crippen LogP contribution is -2.18. The quantitative estimate of drug-likeness (QED) is 0.816. The summed E-state index contributed by atoms with van der Waals surface area (Å²) in [6.07, 6.45) is 2.35. The van der Waals surface area contributed by atoms with Crippen LogP contribution in [0.25, 0.3) is 0 Å². The minimum Gasteiger partial charge on any atom is -0.383 e. The van der Waals surface area contributed by atoms with Crippen molar-refractivity contribution in [3.63, 3.8) is 0 Å². The van der Waals surface area contributed by atoms with E-state index in [1.165, 1.54) is 11.3 Å². The largest absolute Gasteiger partial charge is 0.383 e. The SMILES string of the molecule is CC.CC.CCC(C)(O)c1ncc(SN)s1. The lowest BCUT2D eigenvalue weighted by molar-refractivity contribution is 0.0528. The molecule has 1 unspecified atom stereocenters. The molecule has 0 bridgehead atoms. The minimum atomic E-state index is -0.807. The van der Waals surface area contributed by atoms with Crippen molar-refractivity contribution in [3.05, 3.63) is 11.2 Å². The summed E-state index contributed by atoms with van der Waals surface area (Å²) in [7, 11) is 0. The zero-order valence-electron chi connectivity index (χ0n) is 11.1. The van der Waals surface area contributed by atoms with Crippen molar-refractivity contribution in [2.75, 3.05) is 0 Å². The Morgan fingerprint density at radius 2 is 1.94 bits per heavy atom. The van der Waals surface area contributed by atoms with Gasteiger partial charge in [0.1, 0.15) is 10.6 Å². The Balaban J connectivity index is 0. The highest BCUT2D eigenvalue weighted by Gasteiger charge is 2.24. The first-order chi connectivity index (χ1) is 7.60. The van der Waals surface area contributed by atoms with E-state index in [4.69, 9.17) is 5.14 Å². The van der Waals surface area contributed by atoms with E-state index in [1.54, 1.807) is 13.1 Å². The third-order valence-electron chi connectivity index (χ3n) is 1.75. The van der Waals surface area contributed by atoms with Crippen molar-refractivity contribution in [3.8, 4) is 0 Å². The summed E-state index contributed by atoms with van der Waals surface area (Å²) >= 11 is 2.60. The highest BCUT2D eigenvalue weighted by Crippen LogP contribution is 2.30. The molecule has 0 saturated heterocycles. The van der Waals surface area contributed by atoms with Gasteiger partial charge in [0.15, 0.2) is 0 Å². The lowest BCUT2D eigenvalue weighted by Gasteiger charge is -2.17. The van der Waals surface area contributed by atoms with Crippen LogP contribution in [-0.4, -0.2) is 10.1 Å². The second-order valence-electron chi connectivity index (χ2n) is 2.73. The van der Waals surface area contributed by atoms with Gasteiger partial charge in [-0.25, -0.2) is 4.98 Å². The molecule has 0 aliphatic rings. The molecule has 96 valence electrons. The zero-order chi connectivity index (χ0) is 13.2. The van der Waals surface area contributed by atoms with E-state index in [2.05, 4.69) is 4.98 Å². The molecule has 0 fully saturated rings. The van der Waals surface area contributed by atoms with Gasteiger partial charge in [0.05, 0.1) is 10.4 Å². The van der Waals surface area contributed by atoms with Crippen LogP contribution in [0.15, 0.2) is 10.4 Å². The number of hydrogen-bond acceptors (Lipinski definition) is 5. The number of nitrogens with two attached hydrogens (primary N) is 1. The average molecular weight is 264 g/mol. The highest BCUT2D eigenvalue weighted by molar-refractivity contribution is 7.99. The van der Waals surface area contributed by atoms with Gasteiger partial charge in [-0.3, -0.25) is 5.14 Å². The van der Waals surface area contributed by atoms with Gasteiger partial charge in [0.25, 0.3) is 0 Å². The molecule has 16 heavy (non-hydrogen) atoms. The first-order valence-electron chi connectivity index (χ1n) is 5.65. The van der Waals surface area contributed by atoms with Crippen LogP contribution in [0.2, 0.25) is 0 Å². The highest BCUT2D eigenvalue weighted by atomic mass is 32.2. The molecule has 0 saturated carbocycles. The molecule has 1 atom stereocenters. The topological polar surface area (TPSA) is 59.1 Å². The molecule has 3 nitrogen and oxygen atoms in total. The Morgan fingerprint density at radius 3 is 2.25 bits per heavy atom. The fourth-order valence-corrected chi connectivity index (χ4v) is 2.02. The van der Waals surface area contributed by atoms with Gasteiger partial charge in [0.2, 0.25) is 0 Å². The monoisotopic (exact) mass is 264 g/mol. The minimum absolute atomic E-state index is 0.662. The molecule has 1 rings (SSSR count). The molecule has 0 amide bonds. The predicted octanol–water partition coefficient (Wildman–Crippen LogP) is 3.78. The van der Waals surface area contributed by atoms with Gasteiger partial charge in [-0.2, -0.15) is 0 Å². The summed E-state index contributed by atoms with van der Waals surface area (Å²) in [5, 5.41) is 15.9. The molecule has 5 heteroatoms. The summed E-state index contributed by atoms with van der Waals surface area (Å²) in [5.41, 5.74) is -0.807. The van der Waals surface area contributed by atoms with E-state index in [-0.39, 0.29) is 0 Å². The molecular formula is C11H24N2OS2. The molecule has 1 heterocycles. The lowest BCUT2D eigenvalue weighted by atomic mass is 10.1. The summed E-state index contributed by atoms with van der Waals surface area (Å²) in [6, 6.07) is 0. The average Bonchev–Trinajstić information content (AvgIpc) is 2.83. The molecule has 0 radical (unpaired) electrons. The smallest absolute Gasteiger partial charge is 0.125 e. The number of thiazole rings is 1. The van der Waals surface area contributed by atoms with Crippen molar-refractivity contribution in [2.45, 2.75) is 57.8 Å². The van der Waals surface area contributed by atoms with Crippen LogP contribution in [0.4, 0.5) is 0 Å². The molecule has 0 aromatic carbocycles. The summed E-state index contributed by atoms with van der Waals surface area (Å²) in [4.78, 5) is 4.10. The number of nitrogens with zero attached hydrogens (tertiary/aromatic N) is 1. The van der Waals surface area contributed by atoms with E-state index in [0.29, 0.717) is 6.42 Å². The van der Waals surface area contributed by atoms with Crippen molar-refractivity contribution in [1.29, 1.82) is 0 Å². The zero-order valence-corrected chi connectivity index (χ0v) is 12.7. The van der Waals surface area contributed by atoms with Crippen LogP contribution < -0.4 is 5.14 Å². The summed E-state index contributed by atoms with van der Waals surface area (Å²) < 4.78 is 0.929. The maximum absolute atomic E-state index is 9.80. The van der Waals surface area contributed by atoms with Crippen molar-refractivity contribution >= 4 is 23.3 Å². The maximum Gasteiger partial charge on any atom is 0.125 e. The number of rotatable bonds is 3. The third kappa shape index (κ3) is 5.84. The molecule has 1 aromatic rings. The van der Waals surface area contributed by atoms with Gasteiger partial charge in [-0.15, -0.1) is 11.3 Å². The van der Waals surface area contributed by atoms with Crippen molar-refractivity contribution < 1.29 is 5.11 Å². The fourth-order valence-electron chi connectivity index (χ4n) is 0.714. The van der Waals surface area contributed by atoms with Gasteiger partial charge < -0.3 is 5.11 Å². The van der Waals surface area contributed by atoms with Crippen molar-refractivity contribution in [2.24, 2.45) is 5.14 Å². The number of aromatic nitrogens is 1. The summed E-state index contributed by atoms with van der Waals surface area (Å²) in [5.74, 6) is 0. The van der Waals surface area contributed by atoms with Crippen LogP contribution >= 0.6 is 23.3 Å². The van der Waals surface area contributed by atoms with Gasteiger partial charge in [-0.05, 0) is 25.3 Å². The van der Waals surface area contributed by atoms with Crippen LogP contribution in [0, 0.1) is 0 Å². The second-order valence-corrected chi connectivity index (χ2v) is 4.69. The first-order valence-corrected chi connectivity index (χ1v) is 7.35. The van der Waals surface area contributed by atoms with Crippen molar-refractivity contribution in [1.82, 2.24) is 4.98 Å². The molecular weight excluding hydrogens is 240 g/mol. The Kier molecular flexibility index (Phi) is 11.5. The molecule has 1 aromatic heterocycles. The Bertz CT molecular complexity index is 262. The predicted molar refractivity (Wildman–Crippen MR) is 74.7 cm³/mol. The number of aliphatic hydroxyl groups is 1. The molecule has 3 N–H and O–H groups in total. The Labute approximate surface area is 108 Å². The van der Waals surface area contributed by atoms with Gasteiger partial charge in [-0.1, -0.05) is 34.6 Å². The Morgan fingerprint density at radius 1 is 1.44 bits per heavy atom. The van der Waals surface area contributed by atoms with E-state index >= 15 is 0 Å². The molecule has 0 spiro atoms. The molecule has 0 aliphatic carbocycles. The van der Waals surface area contributed by atoms with Crippen LogP contribution in [0.3, 0.4) is 0 Å².